The molecule has 0 fully saturated rings. The van der Waals surface area contributed by atoms with Crippen molar-refractivity contribution in [1.82, 2.24) is 9.38 Å². The van der Waals surface area contributed by atoms with Gasteiger partial charge in [0.15, 0.2) is 0 Å². The molecule has 1 aliphatic carbocycles. The van der Waals surface area contributed by atoms with Gasteiger partial charge in [0, 0.05) is 18.0 Å². The van der Waals surface area contributed by atoms with Crippen LogP contribution in [0.5, 0.6) is 0 Å². The van der Waals surface area contributed by atoms with Gasteiger partial charge in [-0.05, 0) is 113 Å². The van der Waals surface area contributed by atoms with Crippen LogP contribution in [0.2, 0.25) is 0 Å². The molecule has 1 aliphatic rings. The monoisotopic (exact) mass is 700 g/mol. The van der Waals surface area contributed by atoms with E-state index < -0.39 is 0 Å². The fraction of sp³-hybridized carbons (Fsp3) is 0.0377. The molecule has 55 heavy (non-hydrogen) atoms. The Morgan fingerprint density at radius 3 is 1.35 bits per heavy atom. The highest BCUT2D eigenvalue weighted by Gasteiger charge is 2.22. The fourth-order valence-corrected chi connectivity index (χ4v) is 8.96. The highest BCUT2D eigenvalue weighted by Crippen LogP contribution is 2.50. The molecular formula is C53H36N2. The number of imidazole rings is 1. The van der Waals surface area contributed by atoms with E-state index in [2.05, 4.69) is 199 Å². The maximum absolute atomic E-state index is 5.07. The molecule has 2 aromatic heterocycles. The van der Waals surface area contributed by atoms with E-state index in [1.807, 2.05) is 0 Å². The van der Waals surface area contributed by atoms with Crippen LogP contribution >= 0.6 is 0 Å². The lowest BCUT2D eigenvalue weighted by atomic mass is 9.81. The van der Waals surface area contributed by atoms with Gasteiger partial charge in [0.1, 0.15) is 5.65 Å². The number of rotatable bonds is 5. The van der Waals surface area contributed by atoms with Crippen LogP contribution in [0.4, 0.5) is 0 Å². The van der Waals surface area contributed by atoms with E-state index in [1.54, 1.807) is 0 Å². The molecule has 11 rings (SSSR count). The zero-order chi connectivity index (χ0) is 36.3. The highest BCUT2D eigenvalue weighted by atomic mass is 15.0. The Morgan fingerprint density at radius 1 is 0.400 bits per heavy atom. The van der Waals surface area contributed by atoms with Crippen molar-refractivity contribution in [1.29, 1.82) is 0 Å². The lowest BCUT2D eigenvalue weighted by Gasteiger charge is -2.22. The second-order valence-electron chi connectivity index (χ2n) is 14.6. The van der Waals surface area contributed by atoms with Gasteiger partial charge in [0.25, 0.3) is 0 Å². The molecule has 0 radical (unpaired) electrons. The minimum Gasteiger partial charge on any atom is -0.306 e. The van der Waals surface area contributed by atoms with Crippen LogP contribution in [-0.2, 0) is 0 Å². The predicted molar refractivity (Wildman–Crippen MR) is 233 cm³/mol. The maximum atomic E-state index is 5.07. The summed E-state index contributed by atoms with van der Waals surface area (Å²) in [5, 5.41) is 10.1. The summed E-state index contributed by atoms with van der Waals surface area (Å²) in [5.74, 6) is 0. The van der Waals surface area contributed by atoms with Crippen LogP contribution in [0.1, 0.15) is 18.4 Å². The average Bonchev–Trinajstić information content (AvgIpc) is 3.69. The van der Waals surface area contributed by atoms with Crippen LogP contribution in [0, 0.1) is 0 Å². The molecular weight excluding hydrogens is 665 g/mol. The first kappa shape index (κ1) is 31.5. The number of hydrogen-bond acceptors (Lipinski definition) is 1. The third-order valence-electron chi connectivity index (χ3n) is 11.4. The van der Waals surface area contributed by atoms with Gasteiger partial charge in [-0.3, -0.25) is 0 Å². The fourth-order valence-electron chi connectivity index (χ4n) is 8.96. The molecule has 0 spiro atoms. The molecule has 0 N–H and O–H groups in total. The van der Waals surface area contributed by atoms with Gasteiger partial charge in [0.2, 0.25) is 0 Å². The average molecular weight is 701 g/mol. The Hall–Kier alpha value is -7.03. The minimum atomic E-state index is 0.959. The second kappa shape index (κ2) is 12.8. The third kappa shape index (κ3) is 5.14. The predicted octanol–water partition coefficient (Wildman–Crippen LogP) is 14.3. The van der Waals surface area contributed by atoms with Gasteiger partial charge in [-0.1, -0.05) is 170 Å². The van der Waals surface area contributed by atoms with Gasteiger partial charge in [-0.15, -0.1) is 0 Å². The number of pyridine rings is 1. The van der Waals surface area contributed by atoms with Crippen molar-refractivity contribution < 1.29 is 0 Å². The van der Waals surface area contributed by atoms with Crippen molar-refractivity contribution in [2.75, 3.05) is 0 Å². The summed E-state index contributed by atoms with van der Waals surface area (Å²) in [6.07, 6.45) is 13.3. The van der Waals surface area contributed by atoms with Crippen molar-refractivity contribution >= 4 is 54.3 Å². The van der Waals surface area contributed by atoms with Crippen molar-refractivity contribution in [2.45, 2.75) is 12.8 Å². The van der Waals surface area contributed by atoms with Gasteiger partial charge in [-0.25, -0.2) is 4.98 Å². The van der Waals surface area contributed by atoms with E-state index in [0.29, 0.717) is 0 Å². The van der Waals surface area contributed by atoms with Gasteiger partial charge >= 0.3 is 0 Å². The van der Waals surface area contributed by atoms with Crippen molar-refractivity contribution in [3.05, 3.63) is 200 Å². The van der Waals surface area contributed by atoms with Crippen LogP contribution in [0.15, 0.2) is 194 Å². The minimum absolute atomic E-state index is 0.959. The van der Waals surface area contributed by atoms with E-state index in [1.165, 1.54) is 87.6 Å². The molecule has 8 aromatic carbocycles. The first-order chi connectivity index (χ1) is 27.3. The quantitative estimate of drug-likeness (QED) is 0.163. The zero-order valence-electron chi connectivity index (χ0n) is 30.3. The molecule has 258 valence electrons. The lowest BCUT2D eigenvalue weighted by molar-refractivity contribution is 1.04. The number of allylic oxidation sites excluding steroid dienone is 4. The summed E-state index contributed by atoms with van der Waals surface area (Å²) in [7, 11) is 0. The summed E-state index contributed by atoms with van der Waals surface area (Å²) >= 11 is 0. The topological polar surface area (TPSA) is 17.3 Å². The summed E-state index contributed by atoms with van der Waals surface area (Å²) in [6, 6.07) is 60.1. The molecule has 0 saturated heterocycles. The number of nitrogens with zero attached hydrogens (tertiary/aromatic N) is 2. The molecule has 0 bridgehead atoms. The molecule has 0 saturated carbocycles. The standard InChI is InChI=1S/C53H36N2/c1-3-15-35(16-4-1)39-31-32-55-34-48(54-49(55)33-39)36-27-29-38(30-28-36)51-42-21-9-13-25-46(42)53(47-26-14-10-22-43(47)51)52-44-23-11-7-19-40(44)50(37-17-5-2-6-18-37)41-20-8-12-24-45(41)52/h2-3,5-34H,1,4H2. The molecule has 0 amide bonds. The van der Waals surface area contributed by atoms with Gasteiger partial charge in [-0.2, -0.15) is 0 Å². The Labute approximate surface area is 320 Å². The molecule has 2 nitrogen and oxygen atoms in total. The Balaban J connectivity index is 1.11. The SMILES string of the molecule is C1=CC(c2ccn3cc(-c4ccc(-c5c6ccccc6c(-c6c7ccccc7c(-c7ccccc7)c7ccccc67)c6ccccc56)cc4)nc3c2)=CCC1. The number of benzene rings is 8. The van der Waals surface area contributed by atoms with Crippen molar-refractivity contribution in [2.24, 2.45) is 0 Å². The maximum Gasteiger partial charge on any atom is 0.138 e. The van der Waals surface area contributed by atoms with E-state index in [4.69, 9.17) is 4.98 Å². The van der Waals surface area contributed by atoms with Gasteiger partial charge in [0.05, 0.1) is 5.69 Å². The number of hydrogen-bond donors (Lipinski definition) is 0. The van der Waals surface area contributed by atoms with E-state index >= 15 is 0 Å². The first-order valence-electron chi connectivity index (χ1n) is 19.2. The van der Waals surface area contributed by atoms with Crippen molar-refractivity contribution in [3.63, 3.8) is 0 Å². The second-order valence-corrected chi connectivity index (χ2v) is 14.6. The normalized spacial score (nSPS) is 13.0. The van der Waals surface area contributed by atoms with E-state index in [-0.39, 0.29) is 0 Å². The summed E-state index contributed by atoms with van der Waals surface area (Å²) in [5.41, 5.74) is 13.1. The highest BCUT2D eigenvalue weighted by molar-refractivity contribution is 6.29. The zero-order valence-corrected chi connectivity index (χ0v) is 30.3. The molecule has 0 atom stereocenters. The smallest absolute Gasteiger partial charge is 0.138 e. The summed E-state index contributed by atoms with van der Waals surface area (Å²) in [6.45, 7) is 0. The summed E-state index contributed by atoms with van der Waals surface area (Å²) in [4.78, 5) is 5.07. The van der Waals surface area contributed by atoms with Crippen LogP contribution < -0.4 is 0 Å². The van der Waals surface area contributed by atoms with E-state index in [0.717, 1.165) is 29.7 Å². The van der Waals surface area contributed by atoms with E-state index in [9.17, 15) is 0 Å². The Bertz CT molecular complexity index is 3070. The number of aromatic nitrogens is 2. The molecule has 2 heterocycles. The molecule has 2 heteroatoms. The van der Waals surface area contributed by atoms with Crippen LogP contribution in [-0.4, -0.2) is 9.38 Å². The first-order valence-corrected chi connectivity index (χ1v) is 19.2. The Kier molecular flexibility index (Phi) is 7.34. The number of fused-ring (bicyclic) bond motifs is 5. The third-order valence-corrected chi connectivity index (χ3v) is 11.4. The lowest BCUT2D eigenvalue weighted by Crippen LogP contribution is -1.94. The molecule has 0 aliphatic heterocycles. The Morgan fingerprint density at radius 2 is 0.855 bits per heavy atom. The molecule has 10 aromatic rings. The molecule has 0 unspecified atom stereocenters. The van der Waals surface area contributed by atoms with Gasteiger partial charge < -0.3 is 4.40 Å². The van der Waals surface area contributed by atoms with Crippen molar-refractivity contribution in [3.8, 4) is 44.6 Å². The van der Waals surface area contributed by atoms with Crippen LogP contribution in [0.25, 0.3) is 98.9 Å². The van der Waals surface area contributed by atoms with Crippen LogP contribution in [0.3, 0.4) is 0 Å². The summed E-state index contributed by atoms with van der Waals surface area (Å²) < 4.78 is 2.12. The largest absolute Gasteiger partial charge is 0.306 e.